The molecule has 0 atom stereocenters. The van der Waals surface area contributed by atoms with Crippen LogP contribution in [-0.2, 0) is 0 Å². The Kier molecular flexibility index (Phi) is 2.59. The molecule has 0 radical (unpaired) electrons. The van der Waals surface area contributed by atoms with Gasteiger partial charge in [-0.3, -0.25) is 5.10 Å². The lowest BCUT2D eigenvalue weighted by atomic mass is 10.3. The van der Waals surface area contributed by atoms with Crippen molar-refractivity contribution in [2.45, 2.75) is 0 Å². The standard InChI is InChI=1S/C14H8F3N5/c15-7-5-6-9(12(17)11(7)16)18-13-20-14-19-8-3-1-2-4-10(8)22(14)21-13/h1-6H,(H2,18,19,20,21). The number of aromatic nitrogens is 4. The first kappa shape index (κ1) is 12.7. The van der Waals surface area contributed by atoms with Gasteiger partial charge in [0.2, 0.25) is 5.95 Å². The van der Waals surface area contributed by atoms with Crippen molar-refractivity contribution in [3.63, 3.8) is 0 Å². The first-order valence-corrected chi connectivity index (χ1v) is 6.37. The summed E-state index contributed by atoms with van der Waals surface area (Å²) >= 11 is 0. The van der Waals surface area contributed by atoms with Gasteiger partial charge < -0.3 is 5.32 Å². The Bertz CT molecular complexity index is 1000. The number of fused-ring (bicyclic) bond motifs is 3. The van der Waals surface area contributed by atoms with Crippen molar-refractivity contribution < 1.29 is 13.2 Å². The quantitative estimate of drug-likeness (QED) is 0.558. The second-order valence-electron chi connectivity index (χ2n) is 4.66. The van der Waals surface area contributed by atoms with Gasteiger partial charge in [-0.25, -0.2) is 22.7 Å². The van der Waals surface area contributed by atoms with Gasteiger partial charge in [-0.05, 0) is 24.3 Å². The number of hydrogen-bond donors (Lipinski definition) is 2. The zero-order chi connectivity index (χ0) is 15.3. The zero-order valence-electron chi connectivity index (χ0n) is 10.9. The minimum absolute atomic E-state index is 0.165. The third-order valence-electron chi connectivity index (χ3n) is 3.26. The van der Waals surface area contributed by atoms with Gasteiger partial charge in [-0.1, -0.05) is 12.1 Å². The first-order chi connectivity index (χ1) is 10.6. The van der Waals surface area contributed by atoms with Crippen LogP contribution in [0, 0.1) is 17.5 Å². The maximum absolute atomic E-state index is 13.6. The number of benzene rings is 2. The number of anilines is 2. The van der Waals surface area contributed by atoms with Crippen LogP contribution in [0.1, 0.15) is 0 Å². The van der Waals surface area contributed by atoms with E-state index in [4.69, 9.17) is 0 Å². The van der Waals surface area contributed by atoms with Crippen LogP contribution in [0.4, 0.5) is 24.8 Å². The van der Waals surface area contributed by atoms with E-state index in [1.807, 2.05) is 24.3 Å². The fraction of sp³-hybridized carbons (Fsp3) is 0. The van der Waals surface area contributed by atoms with E-state index in [9.17, 15) is 13.2 Å². The summed E-state index contributed by atoms with van der Waals surface area (Å²) in [6.45, 7) is 0. The Morgan fingerprint density at radius 3 is 2.64 bits per heavy atom. The molecule has 0 fully saturated rings. The average molecular weight is 303 g/mol. The second kappa shape index (κ2) is 4.48. The van der Waals surface area contributed by atoms with E-state index in [0.29, 0.717) is 5.78 Å². The molecule has 2 N–H and O–H groups in total. The topological polar surface area (TPSA) is 58.0 Å². The molecule has 0 unspecified atom stereocenters. The monoisotopic (exact) mass is 303 g/mol. The molecule has 2 aromatic heterocycles. The van der Waals surface area contributed by atoms with E-state index in [2.05, 4.69) is 20.4 Å². The van der Waals surface area contributed by atoms with E-state index in [1.54, 1.807) is 4.52 Å². The zero-order valence-corrected chi connectivity index (χ0v) is 10.9. The van der Waals surface area contributed by atoms with Crippen LogP contribution >= 0.6 is 0 Å². The average Bonchev–Trinajstić information content (AvgIpc) is 3.05. The Balaban J connectivity index is 1.77. The fourth-order valence-corrected chi connectivity index (χ4v) is 2.24. The molecule has 0 aliphatic carbocycles. The number of nitrogens with one attached hydrogen (secondary N) is 2. The highest BCUT2D eigenvalue weighted by Crippen LogP contribution is 2.23. The van der Waals surface area contributed by atoms with Crippen LogP contribution in [0.25, 0.3) is 16.8 Å². The lowest BCUT2D eigenvalue weighted by Crippen LogP contribution is -2.00. The number of hydrogen-bond acceptors (Lipinski definition) is 3. The molecule has 4 aromatic rings. The molecule has 0 amide bonds. The summed E-state index contributed by atoms with van der Waals surface area (Å²) in [6, 6.07) is 9.31. The van der Waals surface area contributed by atoms with E-state index >= 15 is 0 Å². The molecule has 0 bridgehead atoms. The normalized spacial score (nSPS) is 11.4. The Hall–Kier alpha value is -3.03. The highest BCUT2D eigenvalue weighted by molar-refractivity contribution is 5.79. The summed E-state index contributed by atoms with van der Waals surface area (Å²) in [7, 11) is 0. The van der Waals surface area contributed by atoms with Crippen molar-refractivity contribution in [1.82, 2.24) is 19.6 Å². The summed E-state index contributed by atoms with van der Waals surface area (Å²) in [5.74, 6) is -3.54. The molecule has 0 saturated heterocycles. The third kappa shape index (κ3) is 1.80. The van der Waals surface area contributed by atoms with Crippen molar-refractivity contribution in [2.24, 2.45) is 0 Å². The maximum atomic E-state index is 13.6. The van der Waals surface area contributed by atoms with E-state index in [-0.39, 0.29) is 11.6 Å². The summed E-state index contributed by atoms with van der Waals surface area (Å²) in [4.78, 5) is 8.43. The first-order valence-electron chi connectivity index (χ1n) is 6.37. The van der Waals surface area contributed by atoms with E-state index in [0.717, 1.165) is 23.2 Å². The van der Waals surface area contributed by atoms with Gasteiger partial charge in [0.25, 0.3) is 5.78 Å². The number of nitrogens with zero attached hydrogens (tertiary/aromatic N) is 3. The molecule has 0 aliphatic rings. The number of imidazole rings is 1. The Labute approximate surface area is 121 Å². The van der Waals surface area contributed by atoms with Crippen LogP contribution in [0.15, 0.2) is 36.4 Å². The summed E-state index contributed by atoms with van der Waals surface area (Å²) < 4.78 is 41.4. The van der Waals surface area contributed by atoms with Crippen LogP contribution in [0.5, 0.6) is 0 Å². The SMILES string of the molecule is Fc1ccc(Nc2nc3nc4ccccc4n3[nH]2)c(F)c1F. The molecular formula is C14H8F3N5. The van der Waals surface area contributed by atoms with Gasteiger partial charge in [0.05, 0.1) is 16.7 Å². The molecule has 110 valence electrons. The lowest BCUT2D eigenvalue weighted by molar-refractivity contribution is 0.449. The summed E-state index contributed by atoms with van der Waals surface area (Å²) in [6.07, 6.45) is 0. The molecule has 0 saturated carbocycles. The highest BCUT2D eigenvalue weighted by Gasteiger charge is 2.15. The predicted octanol–water partition coefficient (Wildman–Crippen LogP) is 3.37. The van der Waals surface area contributed by atoms with Gasteiger partial charge in [0, 0.05) is 0 Å². The lowest BCUT2D eigenvalue weighted by Gasteiger charge is -2.05. The Morgan fingerprint density at radius 1 is 0.955 bits per heavy atom. The van der Waals surface area contributed by atoms with Crippen molar-refractivity contribution in [3.8, 4) is 0 Å². The molecule has 22 heavy (non-hydrogen) atoms. The van der Waals surface area contributed by atoms with Crippen LogP contribution in [-0.4, -0.2) is 19.6 Å². The van der Waals surface area contributed by atoms with Gasteiger partial charge in [0.15, 0.2) is 17.5 Å². The van der Waals surface area contributed by atoms with Gasteiger partial charge in [0.1, 0.15) is 0 Å². The minimum Gasteiger partial charge on any atom is -0.322 e. The maximum Gasteiger partial charge on any atom is 0.253 e. The fourth-order valence-electron chi connectivity index (χ4n) is 2.24. The summed E-state index contributed by atoms with van der Waals surface area (Å²) in [5.41, 5.74) is 1.33. The van der Waals surface area contributed by atoms with E-state index < -0.39 is 17.5 Å². The highest BCUT2D eigenvalue weighted by atomic mass is 19.2. The molecule has 4 rings (SSSR count). The molecule has 2 heterocycles. The van der Waals surface area contributed by atoms with Gasteiger partial charge in [-0.15, -0.1) is 0 Å². The van der Waals surface area contributed by atoms with Crippen LogP contribution < -0.4 is 5.32 Å². The molecule has 2 aromatic carbocycles. The van der Waals surface area contributed by atoms with Crippen molar-refractivity contribution in [2.75, 3.05) is 5.32 Å². The number of H-pyrrole nitrogens is 1. The van der Waals surface area contributed by atoms with Gasteiger partial charge >= 0.3 is 0 Å². The molecule has 8 heteroatoms. The van der Waals surface area contributed by atoms with Crippen molar-refractivity contribution >= 4 is 28.4 Å². The number of aromatic amines is 1. The third-order valence-corrected chi connectivity index (χ3v) is 3.26. The minimum atomic E-state index is -1.54. The van der Waals surface area contributed by atoms with Crippen molar-refractivity contribution in [1.29, 1.82) is 0 Å². The van der Waals surface area contributed by atoms with Crippen LogP contribution in [0.3, 0.4) is 0 Å². The molecule has 5 nitrogen and oxygen atoms in total. The largest absolute Gasteiger partial charge is 0.322 e. The predicted molar refractivity (Wildman–Crippen MR) is 74.4 cm³/mol. The van der Waals surface area contributed by atoms with E-state index in [1.165, 1.54) is 0 Å². The number of rotatable bonds is 2. The van der Waals surface area contributed by atoms with Gasteiger partial charge in [-0.2, -0.15) is 4.98 Å². The molecule has 0 aliphatic heterocycles. The molecule has 0 spiro atoms. The number of halogens is 3. The second-order valence-corrected chi connectivity index (χ2v) is 4.66. The van der Waals surface area contributed by atoms with Crippen molar-refractivity contribution in [3.05, 3.63) is 53.8 Å². The number of para-hydroxylation sites is 2. The Morgan fingerprint density at radius 2 is 1.77 bits per heavy atom. The smallest absolute Gasteiger partial charge is 0.253 e. The summed E-state index contributed by atoms with van der Waals surface area (Å²) in [5, 5.41) is 5.45. The molecular weight excluding hydrogens is 295 g/mol. The van der Waals surface area contributed by atoms with Crippen LogP contribution in [0.2, 0.25) is 0 Å².